The van der Waals surface area contributed by atoms with Crippen LogP contribution in [0.4, 0.5) is 5.82 Å². The van der Waals surface area contributed by atoms with Crippen LogP contribution >= 0.6 is 0 Å². The maximum absolute atomic E-state index is 12.6. The molecule has 0 saturated heterocycles. The predicted molar refractivity (Wildman–Crippen MR) is 110 cm³/mol. The predicted octanol–water partition coefficient (Wildman–Crippen LogP) is 3.41. The molecule has 1 amide bonds. The van der Waals surface area contributed by atoms with Gasteiger partial charge in [0.2, 0.25) is 5.91 Å². The summed E-state index contributed by atoms with van der Waals surface area (Å²) in [5, 5.41) is 0. The Balaban J connectivity index is 1.46. The van der Waals surface area contributed by atoms with Crippen LogP contribution in [-0.2, 0) is 4.79 Å². The van der Waals surface area contributed by atoms with Crippen LogP contribution in [0, 0.1) is 19.8 Å². The van der Waals surface area contributed by atoms with Gasteiger partial charge in [0, 0.05) is 35.1 Å². The Labute approximate surface area is 169 Å². The van der Waals surface area contributed by atoms with E-state index in [0.29, 0.717) is 11.6 Å². The maximum Gasteiger partial charge on any atom is 0.242 e. The number of pyridine rings is 1. The summed E-state index contributed by atoms with van der Waals surface area (Å²) in [5.74, 6) is 2.01. The van der Waals surface area contributed by atoms with Crippen LogP contribution in [-0.4, -0.2) is 28.0 Å². The van der Waals surface area contributed by atoms with Crippen LogP contribution in [0.15, 0.2) is 48.8 Å². The molecule has 7 nitrogen and oxygen atoms in total. The number of carbonyl (C=O) groups is 1. The number of rotatable bonds is 6. The molecule has 1 aliphatic rings. The fourth-order valence-corrected chi connectivity index (χ4v) is 3.39. The molecule has 0 radical (unpaired) electrons. The van der Waals surface area contributed by atoms with E-state index in [2.05, 4.69) is 25.8 Å². The molecule has 1 aromatic carbocycles. The van der Waals surface area contributed by atoms with Crippen LogP contribution in [0.5, 0.6) is 5.75 Å². The Morgan fingerprint density at radius 3 is 2.72 bits per heavy atom. The molecule has 2 aromatic heterocycles. The molecular weight excluding hydrogens is 366 g/mol. The number of aryl methyl sites for hydroxylation is 1. The van der Waals surface area contributed by atoms with Gasteiger partial charge in [-0.15, -0.1) is 0 Å². The zero-order valence-corrected chi connectivity index (χ0v) is 16.6. The van der Waals surface area contributed by atoms with Gasteiger partial charge in [-0.2, -0.15) is 0 Å². The lowest BCUT2D eigenvalue weighted by Gasteiger charge is -2.13. The number of hydrogen-bond acceptors (Lipinski definition) is 6. The number of carbonyl (C=O) groups excluding carboxylic acids is 1. The molecule has 2 unspecified atom stereocenters. The lowest BCUT2D eigenvalue weighted by molar-refractivity contribution is -0.121. The van der Waals surface area contributed by atoms with E-state index >= 15 is 0 Å². The largest absolute Gasteiger partial charge is 0.496 e. The molecule has 1 saturated carbocycles. The molecule has 1 aliphatic carbocycles. The van der Waals surface area contributed by atoms with Crippen LogP contribution in [0.3, 0.4) is 0 Å². The minimum atomic E-state index is -0.0835. The molecule has 3 aromatic rings. The van der Waals surface area contributed by atoms with Gasteiger partial charge in [-0.3, -0.25) is 20.6 Å². The van der Waals surface area contributed by atoms with Gasteiger partial charge in [-0.05, 0) is 49.9 Å². The van der Waals surface area contributed by atoms with Crippen LogP contribution in [0.25, 0.3) is 11.4 Å². The lowest BCUT2D eigenvalue weighted by atomic mass is 10.1. The first kappa shape index (κ1) is 18.9. The van der Waals surface area contributed by atoms with Crippen LogP contribution < -0.4 is 15.6 Å². The normalized spacial score (nSPS) is 17.5. The second kappa shape index (κ2) is 7.87. The molecule has 4 rings (SSSR count). The molecule has 0 spiro atoms. The minimum Gasteiger partial charge on any atom is -0.496 e. The first-order valence-electron chi connectivity index (χ1n) is 9.53. The van der Waals surface area contributed by atoms with E-state index in [1.165, 1.54) is 0 Å². The Morgan fingerprint density at radius 2 is 1.97 bits per heavy atom. The fourth-order valence-electron chi connectivity index (χ4n) is 3.39. The van der Waals surface area contributed by atoms with Crippen molar-refractivity contribution < 1.29 is 9.53 Å². The van der Waals surface area contributed by atoms with Crippen molar-refractivity contribution >= 4 is 11.7 Å². The highest BCUT2D eigenvalue weighted by atomic mass is 16.5. The molecule has 2 heterocycles. The molecule has 1 fully saturated rings. The number of nitrogens with one attached hydrogen (secondary N) is 2. The minimum absolute atomic E-state index is 0.0560. The van der Waals surface area contributed by atoms with Crippen molar-refractivity contribution in [3.63, 3.8) is 0 Å². The average molecular weight is 389 g/mol. The summed E-state index contributed by atoms with van der Waals surface area (Å²) in [6.07, 6.45) is 4.23. The molecule has 148 valence electrons. The Bertz CT molecular complexity index is 1040. The third-order valence-electron chi connectivity index (χ3n) is 5.28. The molecule has 0 bridgehead atoms. The highest BCUT2D eigenvalue weighted by Gasteiger charge is 2.45. The van der Waals surface area contributed by atoms with Gasteiger partial charge in [-0.1, -0.05) is 18.2 Å². The maximum atomic E-state index is 12.6. The molecule has 2 N–H and O–H groups in total. The SMILES string of the molecule is COc1ccccc1C1CC1C(=O)NNc1nc(-c2cccnc2)nc(C)c1C. The van der Waals surface area contributed by atoms with Gasteiger partial charge in [0.1, 0.15) is 5.75 Å². The van der Waals surface area contributed by atoms with E-state index < -0.39 is 0 Å². The highest BCUT2D eigenvalue weighted by Crippen LogP contribution is 2.50. The fraction of sp³-hybridized carbons (Fsp3) is 0.273. The monoisotopic (exact) mass is 389 g/mol. The van der Waals surface area contributed by atoms with Crippen molar-refractivity contribution in [3.05, 3.63) is 65.6 Å². The van der Waals surface area contributed by atoms with Gasteiger partial charge in [0.25, 0.3) is 0 Å². The average Bonchev–Trinajstić information content (AvgIpc) is 3.56. The number of hydrazine groups is 1. The summed E-state index contributed by atoms with van der Waals surface area (Å²) in [6, 6.07) is 11.6. The van der Waals surface area contributed by atoms with Gasteiger partial charge in [0.15, 0.2) is 11.6 Å². The van der Waals surface area contributed by atoms with E-state index in [0.717, 1.165) is 34.6 Å². The number of hydrogen-bond donors (Lipinski definition) is 2. The summed E-state index contributed by atoms with van der Waals surface area (Å²) in [4.78, 5) is 25.9. The molecule has 2 atom stereocenters. The third-order valence-corrected chi connectivity index (χ3v) is 5.28. The van der Waals surface area contributed by atoms with Crippen LogP contribution in [0.2, 0.25) is 0 Å². The molecule has 0 aliphatic heterocycles. The smallest absolute Gasteiger partial charge is 0.242 e. The highest BCUT2D eigenvalue weighted by molar-refractivity contribution is 5.84. The number of amides is 1. The van der Waals surface area contributed by atoms with Crippen molar-refractivity contribution in [1.29, 1.82) is 0 Å². The van der Waals surface area contributed by atoms with Crippen molar-refractivity contribution in [1.82, 2.24) is 20.4 Å². The number of para-hydroxylation sites is 1. The first-order chi connectivity index (χ1) is 14.1. The summed E-state index contributed by atoms with van der Waals surface area (Å²) in [6.45, 7) is 3.84. The van der Waals surface area contributed by atoms with E-state index in [4.69, 9.17) is 4.74 Å². The van der Waals surface area contributed by atoms with Crippen molar-refractivity contribution in [2.24, 2.45) is 5.92 Å². The number of benzene rings is 1. The number of anilines is 1. The van der Waals surface area contributed by atoms with Crippen LogP contribution in [0.1, 0.15) is 29.2 Å². The number of aromatic nitrogens is 3. The van der Waals surface area contributed by atoms with E-state index in [1.807, 2.05) is 50.2 Å². The Morgan fingerprint density at radius 1 is 1.14 bits per heavy atom. The molecule has 7 heteroatoms. The third kappa shape index (κ3) is 3.89. The van der Waals surface area contributed by atoms with Gasteiger partial charge >= 0.3 is 0 Å². The van der Waals surface area contributed by atoms with Crippen molar-refractivity contribution in [2.75, 3.05) is 12.5 Å². The van der Waals surface area contributed by atoms with E-state index in [9.17, 15) is 4.79 Å². The second-order valence-electron chi connectivity index (χ2n) is 7.15. The quantitative estimate of drug-likeness (QED) is 0.628. The van der Waals surface area contributed by atoms with Crippen molar-refractivity contribution in [3.8, 4) is 17.1 Å². The lowest BCUT2D eigenvalue weighted by Crippen LogP contribution is -2.32. The van der Waals surface area contributed by atoms with E-state index in [-0.39, 0.29) is 17.7 Å². The van der Waals surface area contributed by atoms with Gasteiger partial charge in [-0.25, -0.2) is 9.97 Å². The summed E-state index contributed by atoms with van der Waals surface area (Å²) in [5.41, 5.74) is 9.41. The second-order valence-corrected chi connectivity index (χ2v) is 7.15. The number of ether oxygens (including phenoxy) is 1. The van der Waals surface area contributed by atoms with E-state index in [1.54, 1.807) is 19.5 Å². The zero-order chi connectivity index (χ0) is 20.4. The molecular formula is C22H23N5O2. The summed E-state index contributed by atoms with van der Waals surface area (Å²) in [7, 11) is 1.65. The summed E-state index contributed by atoms with van der Waals surface area (Å²) < 4.78 is 5.42. The molecule has 29 heavy (non-hydrogen) atoms. The summed E-state index contributed by atoms with van der Waals surface area (Å²) >= 11 is 0. The zero-order valence-electron chi connectivity index (χ0n) is 16.6. The number of nitrogens with zero attached hydrogens (tertiary/aromatic N) is 3. The Hall–Kier alpha value is -3.48. The topological polar surface area (TPSA) is 89.0 Å². The van der Waals surface area contributed by atoms with Gasteiger partial charge in [0.05, 0.1) is 7.11 Å². The Kier molecular flexibility index (Phi) is 5.12. The first-order valence-corrected chi connectivity index (χ1v) is 9.53. The standard InChI is InChI=1S/C22H23N5O2/c1-13-14(2)24-21(15-7-6-10-23-12-15)25-20(13)26-27-22(28)18-11-17(18)16-8-4-5-9-19(16)29-3/h4-10,12,17-18H,11H2,1-3H3,(H,27,28)(H,24,25,26). The number of methoxy groups -OCH3 is 1. The van der Waals surface area contributed by atoms with Gasteiger partial charge < -0.3 is 4.74 Å². The van der Waals surface area contributed by atoms with Crippen molar-refractivity contribution in [2.45, 2.75) is 26.2 Å².